The molecule has 2 aromatic heterocycles. The van der Waals surface area contributed by atoms with Gasteiger partial charge in [-0.3, -0.25) is 9.36 Å². The van der Waals surface area contributed by atoms with Crippen molar-refractivity contribution in [3.05, 3.63) is 59.0 Å². The Morgan fingerprint density at radius 1 is 1.29 bits per heavy atom. The number of carbonyl (C=O) groups is 1. The Kier molecular flexibility index (Phi) is 3.35. The lowest BCUT2D eigenvalue weighted by Gasteiger charge is -2.12. The Hall–Kier alpha value is -2.76. The van der Waals surface area contributed by atoms with Crippen molar-refractivity contribution in [2.24, 2.45) is 0 Å². The zero-order chi connectivity index (χ0) is 14.8. The zero-order valence-corrected chi connectivity index (χ0v) is 11.4. The predicted octanol–water partition coefficient (Wildman–Crippen LogP) is 2.06. The van der Waals surface area contributed by atoms with E-state index in [2.05, 4.69) is 5.32 Å². The summed E-state index contributed by atoms with van der Waals surface area (Å²) in [5.41, 5.74) is 1.07. The number of rotatable bonds is 4. The van der Waals surface area contributed by atoms with Gasteiger partial charge in [0.25, 0.3) is 0 Å². The second-order valence-corrected chi connectivity index (χ2v) is 4.68. The van der Waals surface area contributed by atoms with Crippen LogP contribution in [0.15, 0.2) is 56.3 Å². The third-order valence-corrected chi connectivity index (χ3v) is 3.30. The summed E-state index contributed by atoms with van der Waals surface area (Å²) in [5, 5.41) is 2.73. The molecule has 0 aliphatic heterocycles. The van der Waals surface area contributed by atoms with Crippen molar-refractivity contribution >= 4 is 17.0 Å². The highest BCUT2D eigenvalue weighted by Crippen LogP contribution is 2.16. The van der Waals surface area contributed by atoms with Gasteiger partial charge in [-0.1, -0.05) is 12.1 Å². The lowest BCUT2D eigenvalue weighted by atomic mass is 10.2. The fraction of sp³-hybridized carbons (Fsp3) is 0.200. The molecule has 0 saturated heterocycles. The molecule has 1 aromatic carbocycles. The lowest BCUT2D eigenvalue weighted by Crippen LogP contribution is -2.33. The number of aromatic nitrogens is 1. The number of oxazole rings is 1. The Balaban J connectivity index is 1.83. The van der Waals surface area contributed by atoms with E-state index in [1.165, 1.54) is 4.57 Å². The normalized spacial score (nSPS) is 12.4. The van der Waals surface area contributed by atoms with Gasteiger partial charge in [-0.25, -0.2) is 4.79 Å². The molecule has 0 spiro atoms. The molecule has 3 rings (SSSR count). The number of nitrogens with one attached hydrogen (secondary N) is 1. The minimum absolute atomic E-state index is 0.278. The van der Waals surface area contributed by atoms with Gasteiger partial charge in [0.2, 0.25) is 5.91 Å². The molecule has 0 aliphatic carbocycles. The average Bonchev–Trinajstić information content (AvgIpc) is 3.10. The smallest absolute Gasteiger partial charge is 0.420 e. The summed E-state index contributed by atoms with van der Waals surface area (Å²) in [6.45, 7) is 1.93. The van der Waals surface area contributed by atoms with Crippen LogP contribution in [0.4, 0.5) is 0 Å². The number of amides is 1. The summed E-state index contributed by atoms with van der Waals surface area (Å²) in [7, 11) is 0. The van der Waals surface area contributed by atoms with Crippen molar-refractivity contribution in [2.75, 3.05) is 0 Å². The van der Waals surface area contributed by atoms with E-state index in [1.54, 1.807) is 49.6 Å². The first-order chi connectivity index (χ1) is 10.2. The van der Waals surface area contributed by atoms with E-state index < -0.39 is 11.8 Å². The van der Waals surface area contributed by atoms with E-state index >= 15 is 0 Å². The van der Waals surface area contributed by atoms with Crippen molar-refractivity contribution < 1.29 is 13.6 Å². The van der Waals surface area contributed by atoms with Crippen molar-refractivity contribution in [1.82, 2.24) is 9.88 Å². The zero-order valence-electron chi connectivity index (χ0n) is 11.4. The molecule has 0 fully saturated rings. The van der Waals surface area contributed by atoms with E-state index in [4.69, 9.17) is 8.83 Å². The summed E-state index contributed by atoms with van der Waals surface area (Å²) >= 11 is 0. The number of fused-ring (bicyclic) bond motifs is 1. The maximum atomic E-state index is 12.2. The van der Waals surface area contributed by atoms with Crippen LogP contribution >= 0.6 is 0 Å². The third kappa shape index (κ3) is 2.47. The molecule has 108 valence electrons. The number of benzene rings is 1. The first-order valence-corrected chi connectivity index (χ1v) is 6.57. The van der Waals surface area contributed by atoms with Gasteiger partial charge in [-0.15, -0.1) is 0 Å². The molecule has 1 unspecified atom stereocenters. The second kappa shape index (κ2) is 5.32. The largest absolute Gasteiger partial charge is 0.467 e. The standard InChI is InChI=1S/C15H14N2O4/c1-10(14(18)16-9-11-5-4-8-20-11)17-12-6-2-3-7-13(12)21-15(17)19/h2-8,10H,9H2,1H3,(H,16,18). The first-order valence-electron chi connectivity index (χ1n) is 6.57. The van der Waals surface area contributed by atoms with Crippen LogP contribution in [0.3, 0.4) is 0 Å². The molecule has 0 radical (unpaired) electrons. The van der Waals surface area contributed by atoms with Gasteiger partial charge in [0.15, 0.2) is 5.58 Å². The predicted molar refractivity (Wildman–Crippen MR) is 75.7 cm³/mol. The quantitative estimate of drug-likeness (QED) is 0.796. The Labute approximate surface area is 120 Å². The van der Waals surface area contributed by atoms with E-state index in [0.717, 1.165) is 0 Å². The van der Waals surface area contributed by atoms with Crippen LogP contribution in [0, 0.1) is 0 Å². The van der Waals surface area contributed by atoms with Gasteiger partial charge in [0.1, 0.15) is 11.8 Å². The molecule has 21 heavy (non-hydrogen) atoms. The number of hydrogen-bond donors (Lipinski definition) is 1. The topological polar surface area (TPSA) is 77.4 Å². The van der Waals surface area contributed by atoms with Gasteiger partial charge in [0.05, 0.1) is 18.3 Å². The van der Waals surface area contributed by atoms with Gasteiger partial charge >= 0.3 is 5.76 Å². The molecule has 0 saturated carbocycles. The van der Waals surface area contributed by atoms with E-state index in [1.807, 2.05) is 0 Å². The van der Waals surface area contributed by atoms with Crippen LogP contribution in [0.25, 0.3) is 11.1 Å². The van der Waals surface area contributed by atoms with Gasteiger partial charge in [-0.2, -0.15) is 0 Å². The lowest BCUT2D eigenvalue weighted by molar-refractivity contribution is -0.124. The number of para-hydroxylation sites is 2. The van der Waals surface area contributed by atoms with E-state index in [0.29, 0.717) is 16.9 Å². The monoisotopic (exact) mass is 286 g/mol. The van der Waals surface area contributed by atoms with E-state index in [9.17, 15) is 9.59 Å². The molecule has 1 atom stereocenters. The van der Waals surface area contributed by atoms with Crippen LogP contribution in [0.1, 0.15) is 18.7 Å². The summed E-state index contributed by atoms with van der Waals surface area (Å²) < 4.78 is 11.6. The maximum Gasteiger partial charge on any atom is 0.420 e. The molecule has 1 N–H and O–H groups in total. The average molecular weight is 286 g/mol. The second-order valence-electron chi connectivity index (χ2n) is 4.68. The van der Waals surface area contributed by atoms with Crippen LogP contribution in [0.5, 0.6) is 0 Å². The number of furan rings is 1. The molecule has 6 heteroatoms. The van der Waals surface area contributed by atoms with Crippen LogP contribution in [-0.4, -0.2) is 10.5 Å². The van der Waals surface area contributed by atoms with Crippen molar-refractivity contribution in [1.29, 1.82) is 0 Å². The fourth-order valence-electron chi connectivity index (χ4n) is 2.20. The first kappa shape index (κ1) is 13.2. The maximum absolute atomic E-state index is 12.2. The number of nitrogens with zero attached hydrogens (tertiary/aromatic N) is 1. The summed E-state index contributed by atoms with van der Waals surface area (Å²) in [6.07, 6.45) is 1.54. The Bertz CT molecular complexity index is 814. The number of carbonyl (C=O) groups excluding carboxylic acids is 1. The minimum atomic E-state index is -0.670. The highest BCUT2D eigenvalue weighted by atomic mass is 16.4. The molecule has 0 aliphatic rings. The molecule has 3 aromatic rings. The molecule has 6 nitrogen and oxygen atoms in total. The SMILES string of the molecule is CC(C(=O)NCc1ccco1)n1c(=O)oc2ccccc21. The Morgan fingerprint density at radius 3 is 2.86 bits per heavy atom. The highest BCUT2D eigenvalue weighted by Gasteiger charge is 2.21. The summed E-state index contributed by atoms with van der Waals surface area (Å²) in [4.78, 5) is 24.1. The van der Waals surface area contributed by atoms with Crippen molar-refractivity contribution in [2.45, 2.75) is 19.5 Å². The summed E-state index contributed by atoms with van der Waals surface area (Å²) in [5.74, 6) is -0.170. The van der Waals surface area contributed by atoms with Crippen LogP contribution in [-0.2, 0) is 11.3 Å². The molecule has 1 amide bonds. The van der Waals surface area contributed by atoms with E-state index in [-0.39, 0.29) is 12.5 Å². The number of hydrogen-bond acceptors (Lipinski definition) is 4. The third-order valence-electron chi connectivity index (χ3n) is 3.30. The van der Waals surface area contributed by atoms with Crippen LogP contribution < -0.4 is 11.1 Å². The highest BCUT2D eigenvalue weighted by molar-refractivity contribution is 5.82. The fourth-order valence-corrected chi connectivity index (χ4v) is 2.20. The molecule has 0 bridgehead atoms. The minimum Gasteiger partial charge on any atom is -0.467 e. The van der Waals surface area contributed by atoms with Gasteiger partial charge < -0.3 is 14.2 Å². The molecule has 2 heterocycles. The Morgan fingerprint density at radius 2 is 2.10 bits per heavy atom. The molecular weight excluding hydrogens is 272 g/mol. The van der Waals surface area contributed by atoms with Gasteiger partial charge in [0, 0.05) is 0 Å². The van der Waals surface area contributed by atoms with Crippen molar-refractivity contribution in [3.63, 3.8) is 0 Å². The molecular formula is C15H14N2O4. The van der Waals surface area contributed by atoms with Crippen molar-refractivity contribution in [3.8, 4) is 0 Å². The summed E-state index contributed by atoms with van der Waals surface area (Å²) in [6, 6.07) is 9.86. The van der Waals surface area contributed by atoms with Gasteiger partial charge in [-0.05, 0) is 31.2 Å². The van der Waals surface area contributed by atoms with Crippen LogP contribution in [0.2, 0.25) is 0 Å².